The van der Waals surface area contributed by atoms with Crippen molar-refractivity contribution in [2.45, 2.75) is 214 Å². The van der Waals surface area contributed by atoms with E-state index in [1.807, 2.05) is 0 Å². The van der Waals surface area contributed by atoms with E-state index in [0.717, 1.165) is 70.1 Å². The zero-order valence-corrected chi connectivity index (χ0v) is 30.3. The van der Waals surface area contributed by atoms with Gasteiger partial charge in [-0.3, -0.25) is 14.4 Å². The molecule has 0 heterocycles. The third-order valence-corrected chi connectivity index (χ3v) is 8.54. The number of hydrogen-bond acceptors (Lipinski definition) is 6. The van der Waals surface area contributed by atoms with Crippen LogP contribution in [0.25, 0.3) is 0 Å². The smallest absolute Gasteiger partial charge is 0.306 e. The van der Waals surface area contributed by atoms with Gasteiger partial charge in [0.1, 0.15) is 13.2 Å². The predicted octanol–water partition coefficient (Wildman–Crippen LogP) is 11.6. The summed E-state index contributed by atoms with van der Waals surface area (Å²) in [6.07, 6.45) is 29.8. The number of ether oxygens (including phenoxy) is 3. The van der Waals surface area contributed by atoms with Crippen LogP contribution in [0.5, 0.6) is 0 Å². The van der Waals surface area contributed by atoms with Crippen LogP contribution < -0.4 is 0 Å². The van der Waals surface area contributed by atoms with Crippen LogP contribution in [0.15, 0.2) is 0 Å². The summed E-state index contributed by atoms with van der Waals surface area (Å²) in [6.45, 7) is 8.84. The van der Waals surface area contributed by atoms with E-state index < -0.39 is 6.10 Å². The molecule has 0 saturated heterocycles. The molecule has 0 N–H and O–H groups in total. The Kier molecular flexibility index (Phi) is 32.6. The van der Waals surface area contributed by atoms with Gasteiger partial charge < -0.3 is 14.2 Å². The average molecular weight is 639 g/mol. The highest BCUT2D eigenvalue weighted by molar-refractivity contribution is 5.71. The molecule has 0 aliphatic carbocycles. The molecule has 0 unspecified atom stereocenters. The largest absolute Gasteiger partial charge is 0.462 e. The van der Waals surface area contributed by atoms with E-state index in [4.69, 9.17) is 14.2 Å². The Morgan fingerprint density at radius 3 is 1.09 bits per heavy atom. The lowest BCUT2D eigenvalue weighted by molar-refractivity contribution is -0.167. The van der Waals surface area contributed by atoms with Crippen molar-refractivity contribution in [3.05, 3.63) is 0 Å². The van der Waals surface area contributed by atoms with Gasteiger partial charge in [-0.2, -0.15) is 0 Å². The van der Waals surface area contributed by atoms with Gasteiger partial charge in [-0.05, 0) is 25.2 Å². The summed E-state index contributed by atoms with van der Waals surface area (Å²) in [5.74, 6) is -0.0842. The lowest BCUT2D eigenvalue weighted by atomic mass is 10.0. The molecule has 6 heteroatoms. The summed E-state index contributed by atoms with van der Waals surface area (Å²) in [5, 5.41) is 0. The molecule has 0 spiro atoms. The maximum Gasteiger partial charge on any atom is 0.306 e. The van der Waals surface area contributed by atoms with E-state index in [-0.39, 0.29) is 31.1 Å². The first-order chi connectivity index (χ1) is 21.9. The molecule has 0 radical (unpaired) electrons. The number of unbranched alkanes of at least 4 members (excludes halogenated alkanes) is 21. The Morgan fingerprint density at radius 2 is 0.733 bits per heavy atom. The molecular formula is C39H74O6. The Hall–Kier alpha value is -1.59. The van der Waals surface area contributed by atoms with Gasteiger partial charge in [0.2, 0.25) is 0 Å². The van der Waals surface area contributed by atoms with Gasteiger partial charge in [0.05, 0.1) is 0 Å². The Bertz CT molecular complexity index is 676. The number of carbonyl (C=O) groups is 3. The minimum atomic E-state index is -0.755. The molecule has 0 rings (SSSR count). The van der Waals surface area contributed by atoms with E-state index in [2.05, 4.69) is 27.7 Å². The summed E-state index contributed by atoms with van der Waals surface area (Å²) in [6, 6.07) is 0. The van der Waals surface area contributed by atoms with Crippen molar-refractivity contribution in [3.63, 3.8) is 0 Å². The third-order valence-electron chi connectivity index (χ3n) is 8.54. The SMILES string of the molecule is CCCCCCCCCCCCCC(=O)OC[C@H](COC(=O)CCCCCCCCCCC(C)C)OC(=O)CCCCCCC. The van der Waals surface area contributed by atoms with Crippen LogP contribution in [-0.4, -0.2) is 37.2 Å². The van der Waals surface area contributed by atoms with Crippen LogP contribution >= 0.6 is 0 Å². The molecule has 0 aromatic rings. The van der Waals surface area contributed by atoms with Crippen molar-refractivity contribution in [2.24, 2.45) is 5.92 Å². The van der Waals surface area contributed by atoms with Gasteiger partial charge >= 0.3 is 17.9 Å². The Balaban J connectivity index is 4.23. The molecule has 0 aromatic heterocycles. The molecule has 6 nitrogen and oxygen atoms in total. The van der Waals surface area contributed by atoms with Crippen LogP contribution in [-0.2, 0) is 28.6 Å². The van der Waals surface area contributed by atoms with Crippen molar-refractivity contribution < 1.29 is 28.6 Å². The molecule has 0 aliphatic heterocycles. The lowest BCUT2D eigenvalue weighted by Gasteiger charge is -2.18. The van der Waals surface area contributed by atoms with Crippen molar-refractivity contribution in [2.75, 3.05) is 13.2 Å². The molecule has 0 aliphatic rings. The molecule has 266 valence electrons. The normalized spacial score (nSPS) is 11.9. The molecule has 0 fully saturated rings. The van der Waals surface area contributed by atoms with Gasteiger partial charge in [-0.1, -0.05) is 169 Å². The summed E-state index contributed by atoms with van der Waals surface area (Å²) in [5.41, 5.74) is 0. The van der Waals surface area contributed by atoms with E-state index >= 15 is 0 Å². The van der Waals surface area contributed by atoms with E-state index in [9.17, 15) is 14.4 Å². The van der Waals surface area contributed by atoms with Crippen molar-refractivity contribution >= 4 is 17.9 Å². The zero-order chi connectivity index (χ0) is 33.2. The fraction of sp³-hybridized carbons (Fsp3) is 0.923. The second-order valence-corrected chi connectivity index (χ2v) is 13.7. The highest BCUT2D eigenvalue weighted by atomic mass is 16.6. The fourth-order valence-electron chi connectivity index (χ4n) is 5.57. The molecule has 0 saturated carbocycles. The minimum Gasteiger partial charge on any atom is -0.462 e. The van der Waals surface area contributed by atoms with E-state index in [1.165, 1.54) is 96.3 Å². The monoisotopic (exact) mass is 639 g/mol. The standard InChI is InChI=1S/C39H74O6/c1-5-7-9-11-12-13-14-15-19-23-26-30-37(40)43-33-36(45-39(42)32-28-21-10-8-6-2)34-44-38(41)31-27-24-20-17-16-18-22-25-29-35(3)4/h35-36H,5-34H2,1-4H3/t36-/m1/s1. The summed E-state index contributed by atoms with van der Waals surface area (Å²) in [7, 11) is 0. The number of esters is 3. The number of carbonyl (C=O) groups excluding carboxylic acids is 3. The second-order valence-electron chi connectivity index (χ2n) is 13.7. The lowest BCUT2D eigenvalue weighted by Crippen LogP contribution is -2.30. The fourth-order valence-corrected chi connectivity index (χ4v) is 5.57. The quantitative estimate of drug-likeness (QED) is 0.0396. The number of hydrogen-bond donors (Lipinski definition) is 0. The van der Waals surface area contributed by atoms with Crippen molar-refractivity contribution in [1.29, 1.82) is 0 Å². The first-order valence-electron chi connectivity index (χ1n) is 19.4. The van der Waals surface area contributed by atoms with Gasteiger partial charge in [0.15, 0.2) is 6.10 Å². The Labute approximate surface area is 278 Å². The maximum absolute atomic E-state index is 12.4. The molecule has 0 aromatic carbocycles. The predicted molar refractivity (Wildman–Crippen MR) is 187 cm³/mol. The minimum absolute atomic E-state index is 0.0666. The molecule has 0 amide bonds. The van der Waals surface area contributed by atoms with Crippen LogP contribution in [0.3, 0.4) is 0 Å². The summed E-state index contributed by atoms with van der Waals surface area (Å²) < 4.78 is 16.5. The highest BCUT2D eigenvalue weighted by Crippen LogP contribution is 2.15. The topological polar surface area (TPSA) is 78.9 Å². The van der Waals surface area contributed by atoms with Crippen LogP contribution in [0.1, 0.15) is 207 Å². The zero-order valence-electron chi connectivity index (χ0n) is 30.3. The van der Waals surface area contributed by atoms with Gasteiger partial charge in [0, 0.05) is 19.3 Å². The average Bonchev–Trinajstić information content (AvgIpc) is 3.01. The summed E-state index contributed by atoms with van der Waals surface area (Å²) >= 11 is 0. The van der Waals surface area contributed by atoms with Gasteiger partial charge in [-0.25, -0.2) is 0 Å². The van der Waals surface area contributed by atoms with Crippen LogP contribution in [0.4, 0.5) is 0 Å². The summed E-state index contributed by atoms with van der Waals surface area (Å²) in [4.78, 5) is 37.2. The molecular weight excluding hydrogens is 564 g/mol. The second kappa shape index (κ2) is 33.8. The van der Waals surface area contributed by atoms with E-state index in [1.54, 1.807) is 0 Å². The number of rotatable bonds is 34. The molecule has 0 bridgehead atoms. The first kappa shape index (κ1) is 43.4. The highest BCUT2D eigenvalue weighted by Gasteiger charge is 2.19. The molecule has 1 atom stereocenters. The van der Waals surface area contributed by atoms with Crippen LogP contribution in [0.2, 0.25) is 0 Å². The van der Waals surface area contributed by atoms with Crippen molar-refractivity contribution in [1.82, 2.24) is 0 Å². The molecule has 45 heavy (non-hydrogen) atoms. The van der Waals surface area contributed by atoms with Gasteiger partial charge in [0.25, 0.3) is 0 Å². The first-order valence-corrected chi connectivity index (χ1v) is 19.4. The van der Waals surface area contributed by atoms with Gasteiger partial charge in [-0.15, -0.1) is 0 Å². The van der Waals surface area contributed by atoms with Crippen LogP contribution in [0, 0.1) is 5.92 Å². The van der Waals surface area contributed by atoms with Crippen molar-refractivity contribution in [3.8, 4) is 0 Å². The maximum atomic E-state index is 12.4. The Morgan fingerprint density at radius 1 is 0.422 bits per heavy atom. The third kappa shape index (κ3) is 33.6. The van der Waals surface area contributed by atoms with E-state index in [0.29, 0.717) is 19.3 Å².